The van der Waals surface area contributed by atoms with Gasteiger partial charge in [0, 0.05) is 25.6 Å². The minimum atomic E-state index is -4.28. The zero-order valence-electron chi connectivity index (χ0n) is 20.8. The van der Waals surface area contributed by atoms with Crippen LogP contribution in [0.3, 0.4) is 0 Å². The fraction of sp³-hybridized carbons (Fsp3) is 0.583. The van der Waals surface area contributed by atoms with Crippen LogP contribution in [0.5, 0.6) is 0 Å². The first-order chi connectivity index (χ1) is 16.8. The van der Waals surface area contributed by atoms with Crippen molar-refractivity contribution in [3.05, 3.63) is 29.5 Å². The molecule has 5 rings (SSSR count). The van der Waals surface area contributed by atoms with E-state index in [9.17, 15) is 26.7 Å². The number of anilines is 2. The molecule has 0 radical (unpaired) electrons. The molecule has 0 aromatic heterocycles. The van der Waals surface area contributed by atoms with Gasteiger partial charge in [-0.25, -0.2) is 8.42 Å². The monoisotopic (exact) mass is 536 g/mol. The third kappa shape index (κ3) is 3.98. The molecule has 2 fully saturated rings. The van der Waals surface area contributed by atoms with E-state index >= 15 is 0 Å². The number of fused-ring (bicyclic) bond motifs is 6. The van der Waals surface area contributed by atoms with Gasteiger partial charge in [-0.05, 0) is 61.6 Å². The highest BCUT2D eigenvalue weighted by atomic mass is 32.2. The third-order valence-electron chi connectivity index (χ3n) is 8.03. The molecule has 1 amide bonds. The van der Waals surface area contributed by atoms with Gasteiger partial charge in [-0.3, -0.25) is 9.10 Å². The van der Waals surface area contributed by atoms with Crippen molar-refractivity contribution in [2.24, 2.45) is 28.1 Å². The molecule has 2 N–H and O–H groups in total. The lowest BCUT2D eigenvalue weighted by Gasteiger charge is -2.44. The van der Waals surface area contributed by atoms with Crippen LogP contribution in [0.15, 0.2) is 38.8 Å². The standard InChI is InChI=1S/C24H32N4O6S2/c1-13(2)9-10-28-21-15-6-5-14(11-15)19(21)22(29)20(24(28)30)23-25-17-8-7-16(27(3)35(4,31)32)12-18(17)36(33,34)26-23/h7-8,12-15,19,21,29H,5-6,9-11H2,1-4H3,(H,25,26)/t14-,15+,19+,21-/m0/s1. The van der Waals surface area contributed by atoms with Gasteiger partial charge in [0.05, 0.1) is 17.6 Å². The Morgan fingerprint density at radius 1 is 1.25 bits per heavy atom. The molecule has 2 aliphatic carbocycles. The number of carbonyl (C=O) groups excluding carboxylic acids is 1. The summed E-state index contributed by atoms with van der Waals surface area (Å²) in [6.45, 7) is 4.72. The van der Waals surface area contributed by atoms with Crippen LogP contribution >= 0.6 is 0 Å². The van der Waals surface area contributed by atoms with Crippen molar-refractivity contribution in [2.75, 3.05) is 29.5 Å². The van der Waals surface area contributed by atoms with Crippen molar-refractivity contribution >= 4 is 43.2 Å². The van der Waals surface area contributed by atoms with Gasteiger partial charge in [0.1, 0.15) is 16.2 Å². The lowest BCUT2D eigenvalue weighted by molar-refractivity contribution is -0.133. The zero-order valence-corrected chi connectivity index (χ0v) is 22.4. The van der Waals surface area contributed by atoms with Crippen molar-refractivity contribution in [2.45, 2.75) is 50.5 Å². The topological polar surface area (TPSA) is 136 Å². The van der Waals surface area contributed by atoms with E-state index in [0.717, 1.165) is 36.2 Å². The van der Waals surface area contributed by atoms with Gasteiger partial charge in [-0.15, -0.1) is 4.40 Å². The van der Waals surface area contributed by atoms with Gasteiger partial charge in [-0.2, -0.15) is 8.42 Å². The van der Waals surface area contributed by atoms with Crippen LogP contribution in [0.2, 0.25) is 0 Å². The second-order valence-electron chi connectivity index (χ2n) is 10.7. The van der Waals surface area contributed by atoms with Crippen LogP contribution in [0.25, 0.3) is 0 Å². The zero-order chi connectivity index (χ0) is 26.2. The number of aliphatic hydroxyl groups excluding tert-OH is 1. The molecule has 0 spiro atoms. The highest BCUT2D eigenvalue weighted by Crippen LogP contribution is 2.55. The normalized spacial score (nSPS) is 28.6. The summed E-state index contributed by atoms with van der Waals surface area (Å²) >= 11 is 0. The van der Waals surface area contributed by atoms with E-state index in [1.807, 2.05) is 4.90 Å². The quantitative estimate of drug-likeness (QED) is 0.570. The lowest BCUT2D eigenvalue weighted by atomic mass is 9.77. The van der Waals surface area contributed by atoms with E-state index < -0.39 is 26.0 Å². The Labute approximate surface area is 212 Å². The number of carbonyl (C=O) groups is 1. The molecule has 36 heavy (non-hydrogen) atoms. The first-order valence-corrected chi connectivity index (χ1v) is 15.5. The van der Waals surface area contributed by atoms with Crippen LogP contribution in [-0.4, -0.2) is 64.5 Å². The Hall–Kier alpha value is -2.60. The molecule has 2 saturated carbocycles. The molecule has 1 aromatic rings. The van der Waals surface area contributed by atoms with E-state index in [4.69, 9.17) is 0 Å². The number of amidine groups is 1. The molecule has 2 aliphatic heterocycles. The Morgan fingerprint density at radius 2 is 1.94 bits per heavy atom. The number of amides is 1. The first kappa shape index (κ1) is 25.1. The van der Waals surface area contributed by atoms with Gasteiger partial charge in [0.25, 0.3) is 15.9 Å². The summed E-state index contributed by atoms with van der Waals surface area (Å²) in [5.41, 5.74) is 0.252. The largest absolute Gasteiger partial charge is 0.511 e. The van der Waals surface area contributed by atoms with Crippen molar-refractivity contribution < 1.29 is 26.7 Å². The second kappa shape index (κ2) is 8.47. The van der Waals surface area contributed by atoms with Gasteiger partial charge < -0.3 is 15.3 Å². The SMILES string of the molecule is CC(C)CCN1C(=O)C(C2=NS(=O)(=O)c3cc(N(C)S(C)(=O)=O)ccc3N2)=C(O)[C@@H]2[C@H]3CC[C@H](C3)[C@@H]21. The summed E-state index contributed by atoms with van der Waals surface area (Å²) < 4.78 is 55.1. The summed E-state index contributed by atoms with van der Waals surface area (Å²) in [5.74, 6) is 0.0988. The van der Waals surface area contributed by atoms with Crippen LogP contribution in [0, 0.1) is 23.7 Å². The predicted molar refractivity (Wildman–Crippen MR) is 137 cm³/mol. The molecule has 10 nitrogen and oxygen atoms in total. The average molecular weight is 537 g/mol. The average Bonchev–Trinajstić information content (AvgIpc) is 3.39. The molecule has 196 valence electrons. The van der Waals surface area contributed by atoms with Crippen molar-refractivity contribution in [3.8, 4) is 0 Å². The molecule has 12 heteroatoms. The molecule has 2 bridgehead atoms. The highest BCUT2D eigenvalue weighted by molar-refractivity contribution is 7.92. The van der Waals surface area contributed by atoms with Gasteiger partial charge in [-0.1, -0.05) is 13.8 Å². The van der Waals surface area contributed by atoms with Crippen LogP contribution < -0.4 is 9.62 Å². The Balaban J connectivity index is 1.56. The van der Waals surface area contributed by atoms with Crippen LogP contribution in [-0.2, 0) is 24.8 Å². The number of sulfonamides is 2. The number of hydrogen-bond donors (Lipinski definition) is 2. The smallest absolute Gasteiger partial charge is 0.286 e. The molecule has 4 atom stereocenters. The van der Waals surface area contributed by atoms with E-state index in [2.05, 4.69) is 23.6 Å². The molecular weight excluding hydrogens is 504 g/mol. The van der Waals surface area contributed by atoms with Crippen molar-refractivity contribution in [3.63, 3.8) is 0 Å². The Kier molecular flexibility index (Phi) is 5.90. The van der Waals surface area contributed by atoms with E-state index in [1.165, 1.54) is 25.2 Å². The van der Waals surface area contributed by atoms with E-state index in [1.54, 1.807) is 0 Å². The van der Waals surface area contributed by atoms with Crippen molar-refractivity contribution in [1.82, 2.24) is 4.90 Å². The van der Waals surface area contributed by atoms with Gasteiger partial charge >= 0.3 is 0 Å². The predicted octanol–water partition coefficient (Wildman–Crippen LogP) is 2.71. The number of benzene rings is 1. The first-order valence-electron chi connectivity index (χ1n) is 12.2. The summed E-state index contributed by atoms with van der Waals surface area (Å²) in [4.78, 5) is 15.4. The third-order valence-corrected chi connectivity index (χ3v) is 10.6. The fourth-order valence-corrected chi connectivity index (χ4v) is 7.80. The maximum atomic E-state index is 13.8. The van der Waals surface area contributed by atoms with E-state index in [-0.39, 0.29) is 51.3 Å². The summed E-state index contributed by atoms with van der Waals surface area (Å²) in [6, 6.07) is 4.08. The number of nitrogens with one attached hydrogen (secondary N) is 1. The number of hydrogen-bond acceptors (Lipinski definition) is 7. The van der Waals surface area contributed by atoms with Gasteiger partial charge in [0.2, 0.25) is 10.0 Å². The second-order valence-corrected chi connectivity index (χ2v) is 14.3. The number of nitrogens with zero attached hydrogens (tertiary/aromatic N) is 3. The summed E-state index contributed by atoms with van der Waals surface area (Å²) in [7, 11) is -6.55. The van der Waals surface area contributed by atoms with Crippen LogP contribution in [0.1, 0.15) is 39.5 Å². The molecule has 0 saturated heterocycles. The maximum absolute atomic E-state index is 13.8. The molecular formula is C24H32N4O6S2. The van der Waals surface area contributed by atoms with Gasteiger partial charge in [0.15, 0.2) is 5.84 Å². The minimum absolute atomic E-state index is 0.0686. The summed E-state index contributed by atoms with van der Waals surface area (Å²) in [5, 5.41) is 14.3. The van der Waals surface area contributed by atoms with Crippen molar-refractivity contribution in [1.29, 1.82) is 0 Å². The van der Waals surface area contributed by atoms with Crippen LogP contribution in [0.4, 0.5) is 11.4 Å². The maximum Gasteiger partial charge on any atom is 0.286 e. The fourth-order valence-electron chi connectivity index (χ4n) is 6.16. The Bertz CT molecular complexity index is 1400. The highest BCUT2D eigenvalue weighted by Gasteiger charge is 2.57. The van der Waals surface area contributed by atoms with E-state index in [0.29, 0.717) is 18.4 Å². The lowest BCUT2D eigenvalue weighted by Crippen LogP contribution is -2.54. The number of aliphatic hydroxyl groups is 1. The molecule has 1 aromatic carbocycles. The summed E-state index contributed by atoms with van der Waals surface area (Å²) in [6.07, 6.45) is 4.79. The molecule has 4 aliphatic rings. The number of rotatable bonds is 6. The Morgan fingerprint density at radius 3 is 2.61 bits per heavy atom. The minimum Gasteiger partial charge on any atom is -0.511 e. The molecule has 0 unspecified atom stereocenters. The molecule has 2 heterocycles.